The first-order valence-electron chi connectivity index (χ1n) is 28.0. The lowest BCUT2D eigenvalue weighted by atomic mass is 10.0. The molecule has 0 aliphatic carbocycles. The zero-order chi connectivity index (χ0) is 45.8. The lowest BCUT2D eigenvalue weighted by Crippen LogP contribution is -2.48. The highest BCUT2D eigenvalue weighted by atomic mass is 16.3. The third kappa shape index (κ3) is 48.1. The first-order chi connectivity index (χ1) is 31.1. The zero-order valence-corrected chi connectivity index (χ0v) is 42.2. The van der Waals surface area contributed by atoms with Crippen LogP contribution in [0.4, 0.5) is 0 Å². The molecule has 0 spiro atoms. The Morgan fingerprint density at radius 2 is 0.651 bits per heavy atom. The summed E-state index contributed by atoms with van der Waals surface area (Å²) in [5, 5.41) is 33.2. The topological polar surface area (TPSA) is 89.8 Å². The second-order valence-electron chi connectivity index (χ2n) is 19.1. The Morgan fingerprint density at radius 3 is 0.968 bits per heavy atom. The van der Waals surface area contributed by atoms with Gasteiger partial charge in [0, 0.05) is 0 Å². The van der Waals surface area contributed by atoms with Crippen molar-refractivity contribution in [2.45, 2.75) is 308 Å². The van der Waals surface area contributed by atoms with Gasteiger partial charge in [0.1, 0.15) is 6.10 Å². The number of hydrogen-bond acceptors (Lipinski definition) is 4. The molecule has 0 aromatic rings. The molecule has 0 bridgehead atoms. The van der Waals surface area contributed by atoms with E-state index >= 15 is 0 Å². The van der Waals surface area contributed by atoms with E-state index in [4.69, 9.17) is 0 Å². The fraction of sp³-hybridized carbons (Fsp3) is 0.845. The van der Waals surface area contributed by atoms with Crippen LogP contribution in [0.2, 0.25) is 0 Å². The van der Waals surface area contributed by atoms with Gasteiger partial charge < -0.3 is 20.6 Å². The van der Waals surface area contributed by atoms with Crippen molar-refractivity contribution in [1.82, 2.24) is 5.32 Å². The van der Waals surface area contributed by atoms with E-state index in [9.17, 15) is 20.1 Å². The monoisotopic (exact) mass is 884 g/mol. The highest BCUT2D eigenvalue weighted by Crippen LogP contribution is 2.17. The van der Waals surface area contributed by atoms with Crippen molar-refractivity contribution in [2.75, 3.05) is 6.61 Å². The number of hydrogen-bond donors (Lipinski definition) is 4. The second-order valence-corrected chi connectivity index (χ2v) is 19.1. The van der Waals surface area contributed by atoms with Crippen molar-refractivity contribution in [3.8, 4) is 0 Å². The summed E-state index contributed by atoms with van der Waals surface area (Å²) in [6, 6.07) is -0.821. The fourth-order valence-corrected chi connectivity index (χ4v) is 8.51. The molecular weight excluding hydrogens is 775 g/mol. The number of unbranched alkanes of at least 4 members (excludes halogenated alkanes) is 37. The number of amides is 1. The van der Waals surface area contributed by atoms with Crippen LogP contribution in [0.3, 0.4) is 0 Å². The maximum Gasteiger partial charge on any atom is 0.249 e. The lowest BCUT2D eigenvalue weighted by Gasteiger charge is -2.21. The summed E-state index contributed by atoms with van der Waals surface area (Å²) in [5.74, 6) is -0.515. The van der Waals surface area contributed by atoms with Gasteiger partial charge in [-0.1, -0.05) is 268 Å². The van der Waals surface area contributed by atoms with Crippen LogP contribution < -0.4 is 5.32 Å². The molecule has 0 fully saturated rings. The van der Waals surface area contributed by atoms with Crippen molar-refractivity contribution in [3.63, 3.8) is 0 Å². The molecule has 4 N–H and O–H groups in total. The van der Waals surface area contributed by atoms with Gasteiger partial charge in [0.2, 0.25) is 5.91 Å². The second kappa shape index (κ2) is 52.9. The smallest absolute Gasteiger partial charge is 0.249 e. The standard InChI is InChI=1S/C58H109NO4/c1-3-5-7-9-11-13-15-17-19-20-21-22-23-24-25-26-27-28-29-30-31-32-33-34-35-36-37-39-41-43-45-47-49-51-53-57(62)58(63)59-55(54-60)56(61)52-50-48-46-44-42-40-38-18-16-14-12-10-8-6-4-2/h16,18,26-27,42,44,50,52,55-57,60-62H,3-15,17,19-25,28-41,43,45-49,51,53-54H2,1-2H3,(H,59,63)/b18-16+,27-26-,44-42+,52-50+. The van der Waals surface area contributed by atoms with E-state index in [0.29, 0.717) is 6.42 Å². The van der Waals surface area contributed by atoms with Crippen LogP contribution in [0.15, 0.2) is 48.6 Å². The molecule has 5 heteroatoms. The fourth-order valence-electron chi connectivity index (χ4n) is 8.51. The molecule has 0 aromatic carbocycles. The Bertz CT molecular complexity index is 1020. The molecule has 0 aliphatic rings. The van der Waals surface area contributed by atoms with Crippen molar-refractivity contribution in [2.24, 2.45) is 0 Å². The average Bonchev–Trinajstić information content (AvgIpc) is 3.29. The SMILES string of the molecule is CCCCCCC/C=C/CC/C=C/CC/C=C/C(O)C(CO)NC(=O)C(O)CCCCCCCCCCCCCCCCCC/C=C\CCCCCCCCCCCCCCCC. The van der Waals surface area contributed by atoms with Gasteiger partial charge in [-0.25, -0.2) is 0 Å². The van der Waals surface area contributed by atoms with Crippen molar-refractivity contribution >= 4 is 5.91 Å². The maximum atomic E-state index is 12.5. The van der Waals surface area contributed by atoms with E-state index in [2.05, 4.69) is 55.6 Å². The van der Waals surface area contributed by atoms with Crippen LogP contribution in [0.1, 0.15) is 290 Å². The first kappa shape index (κ1) is 61.3. The Balaban J connectivity index is 3.53. The van der Waals surface area contributed by atoms with E-state index in [1.54, 1.807) is 6.08 Å². The summed E-state index contributed by atoms with van der Waals surface area (Å²) in [6.45, 7) is 4.17. The van der Waals surface area contributed by atoms with Crippen LogP contribution >= 0.6 is 0 Å². The van der Waals surface area contributed by atoms with Gasteiger partial charge in [0.15, 0.2) is 0 Å². The van der Waals surface area contributed by atoms with Gasteiger partial charge in [-0.05, 0) is 70.6 Å². The van der Waals surface area contributed by atoms with Gasteiger partial charge >= 0.3 is 0 Å². The van der Waals surface area contributed by atoms with Crippen molar-refractivity contribution in [3.05, 3.63) is 48.6 Å². The average molecular weight is 885 g/mol. The molecule has 3 atom stereocenters. The number of rotatable bonds is 51. The predicted molar refractivity (Wildman–Crippen MR) is 277 cm³/mol. The van der Waals surface area contributed by atoms with E-state index in [-0.39, 0.29) is 6.61 Å². The van der Waals surface area contributed by atoms with Crippen LogP contribution in [-0.4, -0.2) is 46.1 Å². The first-order valence-corrected chi connectivity index (χ1v) is 28.0. The van der Waals surface area contributed by atoms with E-state index in [0.717, 1.165) is 44.9 Å². The molecule has 3 unspecified atom stereocenters. The number of allylic oxidation sites excluding steroid dienone is 7. The van der Waals surface area contributed by atoms with Crippen LogP contribution in [0, 0.1) is 0 Å². The number of aliphatic hydroxyl groups is 3. The Hall–Kier alpha value is -1.69. The quantitative estimate of drug-likeness (QED) is 0.0362. The molecule has 0 heterocycles. The number of carbonyl (C=O) groups excluding carboxylic acids is 1. The molecule has 0 saturated heterocycles. The van der Waals surface area contributed by atoms with Crippen LogP contribution in [0.25, 0.3) is 0 Å². The van der Waals surface area contributed by atoms with E-state index in [1.807, 2.05) is 6.08 Å². The summed E-state index contributed by atoms with van der Waals surface area (Å²) in [7, 11) is 0. The maximum absolute atomic E-state index is 12.5. The molecule has 0 saturated carbocycles. The largest absolute Gasteiger partial charge is 0.394 e. The molecular formula is C58H109NO4. The minimum Gasteiger partial charge on any atom is -0.394 e. The third-order valence-corrected chi connectivity index (χ3v) is 12.9. The molecule has 63 heavy (non-hydrogen) atoms. The molecule has 0 aliphatic heterocycles. The summed E-state index contributed by atoms with van der Waals surface area (Å²) in [5.41, 5.74) is 0. The molecule has 0 rings (SSSR count). The van der Waals surface area contributed by atoms with E-state index < -0.39 is 24.2 Å². The van der Waals surface area contributed by atoms with Gasteiger partial charge in [-0.2, -0.15) is 0 Å². The Morgan fingerprint density at radius 1 is 0.381 bits per heavy atom. The lowest BCUT2D eigenvalue weighted by molar-refractivity contribution is -0.131. The van der Waals surface area contributed by atoms with Crippen LogP contribution in [-0.2, 0) is 4.79 Å². The van der Waals surface area contributed by atoms with E-state index in [1.165, 1.54) is 225 Å². The summed E-state index contributed by atoms with van der Waals surface area (Å²) >= 11 is 0. The summed E-state index contributed by atoms with van der Waals surface area (Å²) < 4.78 is 0. The van der Waals surface area contributed by atoms with Crippen LogP contribution in [0.5, 0.6) is 0 Å². The van der Waals surface area contributed by atoms with Gasteiger partial charge in [-0.3, -0.25) is 4.79 Å². The minimum atomic E-state index is -1.11. The van der Waals surface area contributed by atoms with Gasteiger partial charge in [0.05, 0.1) is 18.8 Å². The molecule has 0 radical (unpaired) electrons. The minimum absolute atomic E-state index is 0.381. The normalized spacial score (nSPS) is 13.7. The summed E-state index contributed by atoms with van der Waals surface area (Å²) in [4.78, 5) is 12.5. The third-order valence-electron chi connectivity index (χ3n) is 12.9. The van der Waals surface area contributed by atoms with Crippen molar-refractivity contribution in [1.29, 1.82) is 0 Å². The molecule has 1 amide bonds. The number of aliphatic hydroxyl groups excluding tert-OH is 3. The number of nitrogens with one attached hydrogen (secondary N) is 1. The highest BCUT2D eigenvalue weighted by molar-refractivity contribution is 5.80. The highest BCUT2D eigenvalue weighted by Gasteiger charge is 2.22. The molecule has 0 aromatic heterocycles. The molecule has 370 valence electrons. The van der Waals surface area contributed by atoms with Gasteiger partial charge in [-0.15, -0.1) is 0 Å². The molecule has 5 nitrogen and oxygen atoms in total. The summed E-state index contributed by atoms with van der Waals surface area (Å²) in [6.07, 6.45) is 70.6. The van der Waals surface area contributed by atoms with Gasteiger partial charge in [0.25, 0.3) is 0 Å². The zero-order valence-electron chi connectivity index (χ0n) is 42.2. The predicted octanol–water partition coefficient (Wildman–Crippen LogP) is 17.2. The van der Waals surface area contributed by atoms with Crippen molar-refractivity contribution < 1.29 is 20.1 Å². The Kier molecular flexibility index (Phi) is 51.5. The Labute approximate surface area is 393 Å². The number of carbonyl (C=O) groups is 1.